The summed E-state index contributed by atoms with van der Waals surface area (Å²) < 4.78 is 5.85. The van der Waals surface area contributed by atoms with E-state index in [1.54, 1.807) is 0 Å². The van der Waals surface area contributed by atoms with E-state index in [4.69, 9.17) is 10.5 Å². The number of hydrogen-bond acceptors (Lipinski definition) is 3. The van der Waals surface area contributed by atoms with Crippen LogP contribution in [-0.4, -0.2) is 11.5 Å². The molecule has 0 saturated heterocycles. The third-order valence-electron chi connectivity index (χ3n) is 2.97. The molecule has 0 bridgehead atoms. The molecule has 2 rings (SSSR count). The lowest BCUT2D eigenvalue weighted by atomic mass is 10.2. The second-order valence-electron chi connectivity index (χ2n) is 4.71. The number of rotatable bonds is 5. The molecule has 1 aromatic heterocycles. The smallest absolute Gasteiger partial charge is 0.141 e. The summed E-state index contributed by atoms with van der Waals surface area (Å²) in [4.78, 5) is 4.48. The molecule has 0 saturated carbocycles. The molecule has 1 heterocycles. The zero-order chi connectivity index (χ0) is 13.7. The van der Waals surface area contributed by atoms with Crippen LogP contribution in [0.2, 0.25) is 0 Å². The van der Waals surface area contributed by atoms with Crippen LogP contribution in [0.15, 0.2) is 36.4 Å². The van der Waals surface area contributed by atoms with Gasteiger partial charge in [-0.25, -0.2) is 0 Å². The Morgan fingerprint density at radius 3 is 2.47 bits per heavy atom. The number of benzene rings is 1. The zero-order valence-electron chi connectivity index (χ0n) is 11.5. The predicted molar refractivity (Wildman–Crippen MR) is 77.2 cm³/mol. The first kappa shape index (κ1) is 13.6. The number of pyridine rings is 1. The molecule has 0 aliphatic carbocycles. The normalized spacial score (nSPS) is 10.5. The number of nitrogens with zero attached hydrogens (tertiary/aromatic N) is 1. The standard InChI is InChI=1S/C16H20N2O/c1-12-3-6-14(7-4-12)11-19-16-8-5-13(2)18-15(16)9-10-17/h3-8H,9-11,17H2,1-2H3. The van der Waals surface area contributed by atoms with Crippen LogP contribution in [0, 0.1) is 13.8 Å². The summed E-state index contributed by atoms with van der Waals surface area (Å²) in [5.74, 6) is 0.830. The molecule has 19 heavy (non-hydrogen) atoms. The van der Waals surface area contributed by atoms with Crippen molar-refractivity contribution in [2.75, 3.05) is 6.54 Å². The largest absolute Gasteiger partial charge is 0.487 e. The Balaban J connectivity index is 2.08. The molecule has 0 spiro atoms. The second-order valence-corrected chi connectivity index (χ2v) is 4.71. The van der Waals surface area contributed by atoms with E-state index in [-0.39, 0.29) is 0 Å². The minimum atomic E-state index is 0.558. The fourth-order valence-corrected chi connectivity index (χ4v) is 1.89. The molecule has 0 aliphatic heterocycles. The van der Waals surface area contributed by atoms with Crippen LogP contribution in [0.1, 0.15) is 22.5 Å². The van der Waals surface area contributed by atoms with Gasteiger partial charge >= 0.3 is 0 Å². The summed E-state index contributed by atoms with van der Waals surface area (Å²) in [6, 6.07) is 12.3. The van der Waals surface area contributed by atoms with Crippen molar-refractivity contribution in [1.29, 1.82) is 0 Å². The molecule has 0 amide bonds. The van der Waals surface area contributed by atoms with E-state index in [2.05, 4.69) is 36.2 Å². The lowest BCUT2D eigenvalue weighted by Gasteiger charge is -2.11. The van der Waals surface area contributed by atoms with Crippen molar-refractivity contribution in [2.24, 2.45) is 5.73 Å². The predicted octanol–water partition coefficient (Wildman–Crippen LogP) is 2.78. The van der Waals surface area contributed by atoms with E-state index in [0.717, 1.165) is 29.1 Å². The van der Waals surface area contributed by atoms with Crippen molar-refractivity contribution in [3.05, 3.63) is 58.9 Å². The van der Waals surface area contributed by atoms with Gasteiger partial charge < -0.3 is 10.5 Å². The molecule has 100 valence electrons. The van der Waals surface area contributed by atoms with Crippen LogP contribution >= 0.6 is 0 Å². The third kappa shape index (κ3) is 3.80. The highest BCUT2D eigenvalue weighted by molar-refractivity contribution is 5.30. The van der Waals surface area contributed by atoms with E-state index in [1.165, 1.54) is 5.56 Å². The molecule has 2 aromatic rings. The Morgan fingerprint density at radius 2 is 1.79 bits per heavy atom. The topological polar surface area (TPSA) is 48.1 Å². The van der Waals surface area contributed by atoms with Gasteiger partial charge in [-0.2, -0.15) is 0 Å². The molecule has 1 aromatic carbocycles. The highest BCUT2D eigenvalue weighted by atomic mass is 16.5. The Morgan fingerprint density at radius 1 is 1.05 bits per heavy atom. The molecular formula is C16H20N2O. The van der Waals surface area contributed by atoms with Crippen molar-refractivity contribution in [1.82, 2.24) is 4.98 Å². The lowest BCUT2D eigenvalue weighted by molar-refractivity contribution is 0.301. The first-order chi connectivity index (χ1) is 9.19. The van der Waals surface area contributed by atoms with E-state index in [1.807, 2.05) is 19.1 Å². The summed E-state index contributed by atoms with van der Waals surface area (Å²) in [6.45, 7) is 5.19. The summed E-state index contributed by atoms with van der Waals surface area (Å²) in [5, 5.41) is 0. The summed E-state index contributed by atoms with van der Waals surface area (Å²) >= 11 is 0. The molecule has 3 nitrogen and oxygen atoms in total. The highest BCUT2D eigenvalue weighted by Crippen LogP contribution is 2.19. The summed E-state index contributed by atoms with van der Waals surface area (Å²) in [6.07, 6.45) is 0.741. The maximum Gasteiger partial charge on any atom is 0.141 e. The number of ether oxygens (including phenoxy) is 1. The minimum Gasteiger partial charge on any atom is -0.487 e. The Labute approximate surface area is 114 Å². The van der Waals surface area contributed by atoms with Crippen molar-refractivity contribution < 1.29 is 4.74 Å². The maximum atomic E-state index is 5.85. The highest BCUT2D eigenvalue weighted by Gasteiger charge is 2.05. The van der Waals surface area contributed by atoms with Gasteiger partial charge in [0.2, 0.25) is 0 Å². The Kier molecular flexibility index (Phi) is 4.53. The van der Waals surface area contributed by atoms with E-state index in [0.29, 0.717) is 13.2 Å². The van der Waals surface area contributed by atoms with E-state index < -0.39 is 0 Å². The van der Waals surface area contributed by atoms with Crippen LogP contribution in [0.3, 0.4) is 0 Å². The van der Waals surface area contributed by atoms with Gasteiger partial charge in [-0.3, -0.25) is 4.98 Å². The Bertz CT molecular complexity index is 535. The fourth-order valence-electron chi connectivity index (χ4n) is 1.89. The molecule has 0 radical (unpaired) electrons. The zero-order valence-corrected chi connectivity index (χ0v) is 11.5. The van der Waals surface area contributed by atoms with Gasteiger partial charge in [0, 0.05) is 12.1 Å². The second kappa shape index (κ2) is 6.34. The van der Waals surface area contributed by atoms with Gasteiger partial charge in [0.1, 0.15) is 12.4 Å². The van der Waals surface area contributed by atoms with Gasteiger partial charge in [0.15, 0.2) is 0 Å². The minimum absolute atomic E-state index is 0.558. The van der Waals surface area contributed by atoms with Gasteiger partial charge in [-0.15, -0.1) is 0 Å². The van der Waals surface area contributed by atoms with Crippen molar-refractivity contribution >= 4 is 0 Å². The first-order valence-corrected chi connectivity index (χ1v) is 6.54. The van der Waals surface area contributed by atoms with Crippen LogP contribution in [-0.2, 0) is 13.0 Å². The van der Waals surface area contributed by atoms with Crippen LogP contribution in [0.25, 0.3) is 0 Å². The van der Waals surface area contributed by atoms with Crippen LogP contribution in [0.5, 0.6) is 5.75 Å². The number of aromatic nitrogens is 1. The maximum absolute atomic E-state index is 5.85. The summed E-state index contributed by atoms with van der Waals surface area (Å²) in [5.41, 5.74) is 9.95. The van der Waals surface area contributed by atoms with Gasteiger partial charge in [-0.1, -0.05) is 29.8 Å². The van der Waals surface area contributed by atoms with Gasteiger partial charge in [0.05, 0.1) is 5.69 Å². The molecule has 0 unspecified atom stereocenters. The van der Waals surface area contributed by atoms with Crippen molar-refractivity contribution in [3.63, 3.8) is 0 Å². The van der Waals surface area contributed by atoms with Gasteiger partial charge in [0.25, 0.3) is 0 Å². The molecule has 3 heteroatoms. The number of hydrogen-bond donors (Lipinski definition) is 1. The number of nitrogens with two attached hydrogens (primary N) is 1. The van der Waals surface area contributed by atoms with Crippen LogP contribution < -0.4 is 10.5 Å². The summed E-state index contributed by atoms with van der Waals surface area (Å²) in [7, 11) is 0. The molecule has 2 N–H and O–H groups in total. The van der Waals surface area contributed by atoms with Crippen molar-refractivity contribution in [2.45, 2.75) is 26.9 Å². The van der Waals surface area contributed by atoms with E-state index in [9.17, 15) is 0 Å². The quantitative estimate of drug-likeness (QED) is 0.895. The molecular weight excluding hydrogens is 236 g/mol. The third-order valence-corrected chi connectivity index (χ3v) is 2.97. The Hall–Kier alpha value is -1.87. The average Bonchev–Trinajstić information content (AvgIpc) is 2.40. The van der Waals surface area contributed by atoms with E-state index >= 15 is 0 Å². The lowest BCUT2D eigenvalue weighted by Crippen LogP contribution is -2.08. The molecule has 0 aliphatic rings. The average molecular weight is 256 g/mol. The molecule has 0 fully saturated rings. The van der Waals surface area contributed by atoms with Crippen molar-refractivity contribution in [3.8, 4) is 5.75 Å². The molecule has 0 atom stereocenters. The number of aryl methyl sites for hydroxylation is 2. The van der Waals surface area contributed by atoms with Gasteiger partial charge in [-0.05, 0) is 38.1 Å². The first-order valence-electron chi connectivity index (χ1n) is 6.54. The van der Waals surface area contributed by atoms with Crippen LogP contribution in [0.4, 0.5) is 0 Å². The monoisotopic (exact) mass is 256 g/mol. The fraction of sp³-hybridized carbons (Fsp3) is 0.312. The SMILES string of the molecule is Cc1ccc(COc2ccc(C)nc2CCN)cc1.